The Labute approximate surface area is 185 Å². The zero-order valence-electron chi connectivity index (χ0n) is 17.4. The van der Waals surface area contributed by atoms with Gasteiger partial charge in [-0.25, -0.2) is 4.98 Å². The lowest BCUT2D eigenvalue weighted by Gasteiger charge is -2.14. The van der Waals surface area contributed by atoms with Crippen LogP contribution in [0.1, 0.15) is 31.8 Å². The summed E-state index contributed by atoms with van der Waals surface area (Å²) >= 11 is 6.08. The molecular formula is C23H22ClN5O2. The van der Waals surface area contributed by atoms with E-state index in [-0.39, 0.29) is 11.5 Å². The second-order valence-electron chi connectivity index (χ2n) is 7.14. The number of hydrogen-bond acceptors (Lipinski definition) is 4. The summed E-state index contributed by atoms with van der Waals surface area (Å²) in [5.41, 5.74) is 2.61. The van der Waals surface area contributed by atoms with Gasteiger partial charge in [0, 0.05) is 36.4 Å². The zero-order chi connectivity index (χ0) is 22.5. The largest absolute Gasteiger partial charge is 0.363 e. The highest BCUT2D eigenvalue weighted by Crippen LogP contribution is 2.23. The van der Waals surface area contributed by atoms with Gasteiger partial charge in [0.25, 0.3) is 11.8 Å². The van der Waals surface area contributed by atoms with Crippen molar-refractivity contribution in [3.63, 3.8) is 0 Å². The van der Waals surface area contributed by atoms with Crippen LogP contribution in [0.25, 0.3) is 0 Å². The third kappa shape index (κ3) is 5.46. The maximum Gasteiger partial charge on any atom is 0.258 e. The number of carbonyl (C=O) groups excluding carboxylic acids is 2. The fourth-order valence-corrected chi connectivity index (χ4v) is 2.94. The fraction of sp³-hybridized carbons (Fsp3) is 0.130. The lowest BCUT2D eigenvalue weighted by Crippen LogP contribution is -2.22. The van der Waals surface area contributed by atoms with Crippen LogP contribution in [0.5, 0.6) is 0 Å². The first kappa shape index (κ1) is 22.0. The van der Waals surface area contributed by atoms with Crippen molar-refractivity contribution in [2.75, 3.05) is 24.7 Å². The van der Waals surface area contributed by atoms with E-state index in [0.29, 0.717) is 33.5 Å². The standard InChI is InChI=1S/C23H22ClN5O2/c1-14-4-11-20(26-13-14)28-23(31)18-12-17(24)9-10-19(18)27-22(30)16-7-5-15(6-8-16)21(25)29(2)3/h4-13,25H,1-3H3,(H,27,30)(H,26,28,31). The molecule has 7 nitrogen and oxygen atoms in total. The molecule has 0 saturated heterocycles. The first-order chi connectivity index (χ1) is 14.7. The van der Waals surface area contributed by atoms with E-state index in [2.05, 4.69) is 15.6 Å². The summed E-state index contributed by atoms with van der Waals surface area (Å²) in [6, 6.07) is 14.9. The van der Waals surface area contributed by atoms with Crippen LogP contribution >= 0.6 is 11.6 Å². The Hall–Kier alpha value is -3.71. The molecule has 0 saturated carbocycles. The molecule has 0 bridgehead atoms. The Balaban J connectivity index is 1.80. The molecule has 1 heterocycles. The van der Waals surface area contributed by atoms with Crippen molar-refractivity contribution in [3.8, 4) is 0 Å². The van der Waals surface area contributed by atoms with Crippen LogP contribution in [-0.4, -0.2) is 41.6 Å². The minimum Gasteiger partial charge on any atom is -0.363 e. The molecule has 0 spiro atoms. The van der Waals surface area contributed by atoms with Gasteiger partial charge in [-0.15, -0.1) is 0 Å². The van der Waals surface area contributed by atoms with Gasteiger partial charge < -0.3 is 15.5 Å². The summed E-state index contributed by atoms with van der Waals surface area (Å²) in [4.78, 5) is 31.4. The average Bonchev–Trinajstić information content (AvgIpc) is 2.76. The molecule has 0 aliphatic carbocycles. The van der Waals surface area contributed by atoms with Crippen molar-refractivity contribution < 1.29 is 9.59 Å². The average molecular weight is 436 g/mol. The van der Waals surface area contributed by atoms with Crippen molar-refractivity contribution in [3.05, 3.63) is 88.1 Å². The molecule has 2 aromatic carbocycles. The monoisotopic (exact) mass is 435 g/mol. The van der Waals surface area contributed by atoms with Crippen LogP contribution in [0.2, 0.25) is 5.02 Å². The highest BCUT2D eigenvalue weighted by Gasteiger charge is 2.16. The van der Waals surface area contributed by atoms with Gasteiger partial charge in [-0.3, -0.25) is 15.0 Å². The molecule has 0 radical (unpaired) electrons. The zero-order valence-corrected chi connectivity index (χ0v) is 18.1. The van der Waals surface area contributed by atoms with Crippen LogP contribution in [0, 0.1) is 12.3 Å². The quantitative estimate of drug-likeness (QED) is 0.407. The SMILES string of the molecule is Cc1ccc(NC(=O)c2cc(Cl)ccc2NC(=O)c2ccc(C(=N)N(C)C)cc2)nc1. The van der Waals surface area contributed by atoms with E-state index in [0.717, 1.165) is 5.56 Å². The highest BCUT2D eigenvalue weighted by atomic mass is 35.5. The van der Waals surface area contributed by atoms with Gasteiger partial charge >= 0.3 is 0 Å². The number of anilines is 2. The van der Waals surface area contributed by atoms with E-state index in [4.69, 9.17) is 17.0 Å². The maximum atomic E-state index is 12.8. The first-order valence-corrected chi connectivity index (χ1v) is 9.83. The predicted molar refractivity (Wildman–Crippen MR) is 123 cm³/mol. The Bertz CT molecular complexity index is 1130. The van der Waals surface area contributed by atoms with Gasteiger partial charge in [-0.1, -0.05) is 29.8 Å². The summed E-state index contributed by atoms with van der Waals surface area (Å²) in [5.74, 6) is -0.0863. The number of amidine groups is 1. The minimum absolute atomic E-state index is 0.217. The van der Waals surface area contributed by atoms with E-state index in [1.165, 1.54) is 6.07 Å². The third-order valence-corrected chi connectivity index (χ3v) is 4.73. The van der Waals surface area contributed by atoms with Gasteiger partial charge in [-0.05, 0) is 48.9 Å². The van der Waals surface area contributed by atoms with Crippen LogP contribution in [-0.2, 0) is 0 Å². The minimum atomic E-state index is -0.441. The Kier molecular flexibility index (Phi) is 6.67. The summed E-state index contributed by atoms with van der Waals surface area (Å²) in [6.07, 6.45) is 1.65. The van der Waals surface area contributed by atoms with Crippen molar-refractivity contribution >= 4 is 40.8 Å². The molecule has 31 heavy (non-hydrogen) atoms. The molecule has 3 N–H and O–H groups in total. The second-order valence-corrected chi connectivity index (χ2v) is 7.58. The summed E-state index contributed by atoms with van der Waals surface area (Å²) < 4.78 is 0. The van der Waals surface area contributed by atoms with Gasteiger partial charge in [-0.2, -0.15) is 0 Å². The molecule has 3 rings (SSSR count). The van der Waals surface area contributed by atoms with Crippen molar-refractivity contribution in [2.24, 2.45) is 0 Å². The summed E-state index contributed by atoms with van der Waals surface area (Å²) in [5, 5.41) is 13.8. The van der Waals surface area contributed by atoms with Crippen LogP contribution in [0.3, 0.4) is 0 Å². The molecule has 158 valence electrons. The highest BCUT2D eigenvalue weighted by molar-refractivity contribution is 6.31. The topological polar surface area (TPSA) is 98.2 Å². The van der Waals surface area contributed by atoms with Crippen LogP contribution in [0.15, 0.2) is 60.8 Å². The molecule has 0 unspecified atom stereocenters. The summed E-state index contributed by atoms with van der Waals surface area (Å²) in [7, 11) is 3.56. The lowest BCUT2D eigenvalue weighted by atomic mass is 10.1. The molecule has 3 aromatic rings. The van der Waals surface area contributed by atoms with E-state index in [1.807, 2.05) is 13.0 Å². The van der Waals surface area contributed by atoms with Gasteiger partial charge in [0.2, 0.25) is 0 Å². The van der Waals surface area contributed by atoms with Gasteiger partial charge in [0.1, 0.15) is 11.7 Å². The number of rotatable bonds is 5. The molecule has 0 atom stereocenters. The van der Waals surface area contributed by atoms with Crippen molar-refractivity contribution in [1.29, 1.82) is 5.41 Å². The van der Waals surface area contributed by atoms with Gasteiger partial charge in [0.05, 0.1) is 11.3 Å². The molecule has 2 amide bonds. The number of pyridine rings is 1. The Morgan fingerprint density at radius 1 is 0.935 bits per heavy atom. The molecule has 1 aromatic heterocycles. The molecule has 0 aliphatic rings. The maximum absolute atomic E-state index is 12.8. The van der Waals surface area contributed by atoms with Gasteiger partial charge in [0.15, 0.2) is 0 Å². The second kappa shape index (κ2) is 9.40. The van der Waals surface area contributed by atoms with E-state index in [1.54, 1.807) is 67.7 Å². The van der Waals surface area contributed by atoms with Crippen LogP contribution in [0.4, 0.5) is 11.5 Å². The molecule has 8 heteroatoms. The number of nitrogens with zero attached hydrogens (tertiary/aromatic N) is 2. The number of halogens is 1. The Morgan fingerprint density at radius 2 is 1.61 bits per heavy atom. The van der Waals surface area contributed by atoms with E-state index in [9.17, 15) is 9.59 Å². The fourth-order valence-electron chi connectivity index (χ4n) is 2.77. The smallest absolute Gasteiger partial charge is 0.258 e. The first-order valence-electron chi connectivity index (χ1n) is 9.46. The van der Waals surface area contributed by atoms with E-state index < -0.39 is 5.91 Å². The van der Waals surface area contributed by atoms with Crippen molar-refractivity contribution in [2.45, 2.75) is 6.92 Å². The van der Waals surface area contributed by atoms with E-state index >= 15 is 0 Å². The number of hydrogen-bond donors (Lipinski definition) is 3. The Morgan fingerprint density at radius 3 is 2.23 bits per heavy atom. The molecule has 0 fully saturated rings. The number of amides is 2. The number of carbonyl (C=O) groups is 2. The summed E-state index contributed by atoms with van der Waals surface area (Å²) in [6.45, 7) is 1.90. The molecule has 0 aliphatic heterocycles. The number of nitrogens with one attached hydrogen (secondary N) is 3. The number of aromatic nitrogens is 1. The normalized spacial score (nSPS) is 10.3. The van der Waals surface area contributed by atoms with Crippen LogP contribution < -0.4 is 10.6 Å². The number of benzene rings is 2. The number of aryl methyl sites for hydroxylation is 1. The third-order valence-electron chi connectivity index (χ3n) is 4.50. The predicted octanol–water partition coefficient (Wildman–Crippen LogP) is 4.43. The van der Waals surface area contributed by atoms with Crippen molar-refractivity contribution in [1.82, 2.24) is 9.88 Å². The lowest BCUT2D eigenvalue weighted by molar-refractivity contribution is 0.102. The molecular weight excluding hydrogens is 414 g/mol.